The summed E-state index contributed by atoms with van der Waals surface area (Å²) < 4.78 is 26.3. The van der Waals surface area contributed by atoms with Crippen LogP contribution in [0.25, 0.3) is 0 Å². The second-order valence-electron chi connectivity index (χ2n) is 9.90. The van der Waals surface area contributed by atoms with E-state index in [1.807, 2.05) is 77.1 Å². The van der Waals surface area contributed by atoms with Crippen LogP contribution in [-0.2, 0) is 26.2 Å². The molecular formula is C27H39N3O4S. The Hall–Kier alpha value is -2.87. The lowest BCUT2D eigenvalue weighted by atomic mass is 10.0. The van der Waals surface area contributed by atoms with Crippen molar-refractivity contribution in [2.24, 2.45) is 0 Å². The standard InChI is InChI=1S/C27H39N3O4S/c1-7-23(26(32)28-27(3,4)5)29(20-22-15-9-8-10-16-22)25(31)18-13-19-30(35(6,33)34)24-17-12-11-14-21(24)2/h8-12,14-17,23H,7,13,18-20H2,1-6H3,(H,28,32)/t23-/m1/s1. The monoisotopic (exact) mass is 501 g/mol. The van der Waals surface area contributed by atoms with Gasteiger partial charge in [-0.25, -0.2) is 8.42 Å². The van der Waals surface area contributed by atoms with Gasteiger partial charge in [0.25, 0.3) is 0 Å². The molecule has 35 heavy (non-hydrogen) atoms. The van der Waals surface area contributed by atoms with E-state index < -0.39 is 21.6 Å². The van der Waals surface area contributed by atoms with Gasteiger partial charge < -0.3 is 10.2 Å². The van der Waals surface area contributed by atoms with E-state index in [1.54, 1.807) is 17.0 Å². The van der Waals surface area contributed by atoms with Gasteiger partial charge in [0.2, 0.25) is 21.8 Å². The van der Waals surface area contributed by atoms with E-state index in [0.717, 1.165) is 11.1 Å². The maximum Gasteiger partial charge on any atom is 0.243 e. The average Bonchev–Trinajstić information content (AvgIpc) is 2.76. The molecule has 2 aromatic carbocycles. The van der Waals surface area contributed by atoms with Crippen LogP contribution in [0, 0.1) is 6.92 Å². The molecule has 0 bridgehead atoms. The summed E-state index contributed by atoms with van der Waals surface area (Å²) in [6, 6.07) is 16.2. The fraction of sp³-hybridized carbons (Fsp3) is 0.481. The largest absolute Gasteiger partial charge is 0.350 e. The maximum atomic E-state index is 13.4. The topological polar surface area (TPSA) is 86.8 Å². The zero-order valence-corrected chi connectivity index (χ0v) is 22.6. The first-order chi connectivity index (χ1) is 16.3. The van der Waals surface area contributed by atoms with Crippen molar-refractivity contribution in [3.05, 3.63) is 65.7 Å². The van der Waals surface area contributed by atoms with Crippen molar-refractivity contribution in [3.63, 3.8) is 0 Å². The number of para-hydroxylation sites is 1. The number of aryl methyl sites for hydroxylation is 1. The Labute approximate surface area is 210 Å². The Morgan fingerprint density at radius 3 is 2.14 bits per heavy atom. The number of sulfonamides is 1. The van der Waals surface area contributed by atoms with Crippen molar-refractivity contribution in [2.75, 3.05) is 17.1 Å². The SMILES string of the molecule is CC[C@H](C(=O)NC(C)(C)C)N(Cc1ccccc1)C(=O)CCCN(c1ccccc1C)S(C)(=O)=O. The van der Waals surface area contributed by atoms with Crippen LogP contribution in [-0.4, -0.2) is 49.5 Å². The summed E-state index contributed by atoms with van der Waals surface area (Å²) in [6.45, 7) is 9.97. The number of amides is 2. The van der Waals surface area contributed by atoms with Gasteiger partial charge in [-0.1, -0.05) is 55.5 Å². The molecular weight excluding hydrogens is 462 g/mol. The van der Waals surface area contributed by atoms with Gasteiger partial charge in [0.1, 0.15) is 6.04 Å². The number of benzene rings is 2. The highest BCUT2D eigenvalue weighted by atomic mass is 32.2. The number of hydrogen-bond donors (Lipinski definition) is 1. The Kier molecular flexibility index (Phi) is 9.89. The minimum atomic E-state index is -3.52. The van der Waals surface area contributed by atoms with Gasteiger partial charge in [-0.3, -0.25) is 13.9 Å². The number of anilines is 1. The van der Waals surface area contributed by atoms with Gasteiger partial charge >= 0.3 is 0 Å². The molecule has 0 fully saturated rings. The molecule has 8 heteroatoms. The van der Waals surface area contributed by atoms with Crippen LogP contribution in [0.1, 0.15) is 58.1 Å². The van der Waals surface area contributed by atoms with E-state index in [4.69, 9.17) is 0 Å². The number of nitrogens with zero attached hydrogens (tertiary/aromatic N) is 2. The zero-order valence-electron chi connectivity index (χ0n) is 21.7. The van der Waals surface area contributed by atoms with Crippen molar-refractivity contribution in [1.82, 2.24) is 10.2 Å². The Bertz CT molecular complexity index is 1090. The summed E-state index contributed by atoms with van der Waals surface area (Å²) in [7, 11) is -3.52. The predicted octanol–water partition coefficient (Wildman–Crippen LogP) is 4.26. The van der Waals surface area contributed by atoms with Gasteiger partial charge in [-0.2, -0.15) is 0 Å². The predicted molar refractivity (Wildman–Crippen MR) is 142 cm³/mol. The highest BCUT2D eigenvalue weighted by Gasteiger charge is 2.30. The quantitative estimate of drug-likeness (QED) is 0.498. The van der Waals surface area contributed by atoms with Gasteiger partial charge in [0.15, 0.2) is 0 Å². The summed E-state index contributed by atoms with van der Waals surface area (Å²) in [5, 5.41) is 2.99. The van der Waals surface area contributed by atoms with Gasteiger partial charge in [-0.05, 0) is 57.7 Å². The van der Waals surface area contributed by atoms with Crippen LogP contribution in [0.15, 0.2) is 54.6 Å². The van der Waals surface area contributed by atoms with Crippen molar-refractivity contribution < 1.29 is 18.0 Å². The van der Waals surface area contributed by atoms with Gasteiger partial charge in [0, 0.05) is 25.0 Å². The summed E-state index contributed by atoms with van der Waals surface area (Å²) >= 11 is 0. The highest BCUT2D eigenvalue weighted by molar-refractivity contribution is 7.92. The smallest absolute Gasteiger partial charge is 0.243 e. The molecule has 2 amide bonds. The van der Waals surface area contributed by atoms with Crippen molar-refractivity contribution in [1.29, 1.82) is 0 Å². The average molecular weight is 502 g/mol. The molecule has 0 aromatic heterocycles. The second-order valence-corrected chi connectivity index (χ2v) is 11.8. The maximum absolute atomic E-state index is 13.4. The van der Waals surface area contributed by atoms with E-state index in [0.29, 0.717) is 25.1 Å². The molecule has 2 aromatic rings. The fourth-order valence-electron chi connectivity index (χ4n) is 3.98. The van der Waals surface area contributed by atoms with Gasteiger partial charge in [-0.15, -0.1) is 0 Å². The van der Waals surface area contributed by atoms with Crippen LogP contribution >= 0.6 is 0 Å². The van der Waals surface area contributed by atoms with Crippen LogP contribution in [0.4, 0.5) is 5.69 Å². The summed E-state index contributed by atoms with van der Waals surface area (Å²) in [5.74, 6) is -0.370. The third-order valence-electron chi connectivity index (χ3n) is 5.62. The van der Waals surface area contributed by atoms with Crippen molar-refractivity contribution >= 4 is 27.5 Å². The van der Waals surface area contributed by atoms with Gasteiger partial charge in [0.05, 0.1) is 11.9 Å². The highest BCUT2D eigenvalue weighted by Crippen LogP contribution is 2.23. The molecule has 0 aliphatic carbocycles. The third kappa shape index (κ3) is 8.69. The molecule has 0 spiro atoms. The lowest BCUT2D eigenvalue weighted by Gasteiger charge is -2.33. The molecule has 0 radical (unpaired) electrons. The summed E-state index contributed by atoms with van der Waals surface area (Å²) in [6.07, 6.45) is 2.11. The molecule has 1 N–H and O–H groups in total. The zero-order chi connectivity index (χ0) is 26.2. The lowest BCUT2D eigenvalue weighted by molar-refractivity contribution is -0.142. The third-order valence-corrected chi connectivity index (χ3v) is 6.80. The molecule has 7 nitrogen and oxygen atoms in total. The molecule has 2 rings (SSSR count). The van der Waals surface area contributed by atoms with Crippen molar-refractivity contribution in [3.8, 4) is 0 Å². The molecule has 0 saturated heterocycles. The second kappa shape index (κ2) is 12.2. The number of carbonyl (C=O) groups is 2. The van der Waals surface area contributed by atoms with Crippen molar-refractivity contribution in [2.45, 2.75) is 72.0 Å². The summed E-state index contributed by atoms with van der Waals surface area (Å²) in [4.78, 5) is 28.1. The lowest BCUT2D eigenvalue weighted by Crippen LogP contribution is -2.53. The molecule has 0 unspecified atom stereocenters. The van der Waals surface area contributed by atoms with Crippen LogP contribution < -0.4 is 9.62 Å². The number of hydrogen-bond acceptors (Lipinski definition) is 4. The fourth-order valence-corrected chi connectivity index (χ4v) is 5.00. The van der Waals surface area contributed by atoms with E-state index in [9.17, 15) is 18.0 Å². The minimum absolute atomic E-state index is 0.129. The first-order valence-electron chi connectivity index (χ1n) is 12.0. The Balaban J connectivity index is 2.22. The van der Waals surface area contributed by atoms with E-state index >= 15 is 0 Å². The van der Waals surface area contributed by atoms with Crippen LogP contribution in [0.5, 0.6) is 0 Å². The number of carbonyl (C=O) groups excluding carboxylic acids is 2. The molecule has 0 aliphatic heterocycles. The molecule has 0 heterocycles. The Morgan fingerprint density at radius 1 is 1.00 bits per heavy atom. The first-order valence-corrected chi connectivity index (χ1v) is 13.9. The minimum Gasteiger partial charge on any atom is -0.350 e. The molecule has 1 atom stereocenters. The normalized spacial score (nSPS) is 12.6. The molecule has 0 aliphatic rings. The first kappa shape index (κ1) is 28.4. The Morgan fingerprint density at radius 2 is 1.60 bits per heavy atom. The number of rotatable bonds is 11. The molecule has 192 valence electrons. The number of nitrogens with one attached hydrogen (secondary N) is 1. The van der Waals surface area contributed by atoms with Crippen LogP contribution in [0.2, 0.25) is 0 Å². The van der Waals surface area contributed by atoms with E-state index in [-0.39, 0.29) is 24.8 Å². The van der Waals surface area contributed by atoms with E-state index in [1.165, 1.54) is 10.6 Å². The molecule has 0 saturated carbocycles. The summed E-state index contributed by atoms with van der Waals surface area (Å²) in [5.41, 5.74) is 1.97. The van der Waals surface area contributed by atoms with Crippen LogP contribution in [0.3, 0.4) is 0 Å². The van der Waals surface area contributed by atoms with E-state index in [2.05, 4.69) is 5.32 Å².